The average Bonchev–Trinajstić information content (AvgIpc) is 3.41. The Morgan fingerprint density at radius 3 is 2.27 bits per heavy atom. The topological polar surface area (TPSA) is 105 Å². The number of aromatic nitrogens is 4. The Kier molecular flexibility index (Phi) is 6.62. The van der Waals surface area contributed by atoms with Crippen molar-refractivity contribution >= 4 is 46.3 Å². The SMILES string of the molecule is Cc1nn(-c2ccc(Nc3ccc(NC(=O)C4CC(=O)N(c5ccc(Cl)cc5)C4)cc3)nn2)c(C)c1C. The van der Waals surface area contributed by atoms with Crippen molar-refractivity contribution in [1.29, 1.82) is 0 Å². The number of carbonyl (C=O) groups is 2. The molecule has 5 rings (SSSR count). The van der Waals surface area contributed by atoms with E-state index >= 15 is 0 Å². The fourth-order valence-electron chi connectivity index (χ4n) is 4.23. The van der Waals surface area contributed by atoms with E-state index in [4.69, 9.17) is 11.6 Å². The minimum Gasteiger partial charge on any atom is -0.339 e. The molecular formula is C27H26ClN7O2. The van der Waals surface area contributed by atoms with Crippen LogP contribution in [0.25, 0.3) is 5.82 Å². The van der Waals surface area contributed by atoms with Gasteiger partial charge in [0.2, 0.25) is 11.8 Å². The van der Waals surface area contributed by atoms with E-state index < -0.39 is 5.92 Å². The maximum atomic E-state index is 12.8. The second kappa shape index (κ2) is 10.0. The average molecular weight is 516 g/mol. The quantitative estimate of drug-likeness (QED) is 0.375. The van der Waals surface area contributed by atoms with Gasteiger partial charge < -0.3 is 15.5 Å². The van der Waals surface area contributed by atoms with E-state index in [9.17, 15) is 9.59 Å². The molecule has 1 saturated heterocycles. The fraction of sp³-hybridized carbons (Fsp3) is 0.222. The third-order valence-corrected chi connectivity index (χ3v) is 6.83. The summed E-state index contributed by atoms with van der Waals surface area (Å²) in [6.45, 7) is 6.34. The molecule has 37 heavy (non-hydrogen) atoms. The monoisotopic (exact) mass is 515 g/mol. The highest BCUT2D eigenvalue weighted by atomic mass is 35.5. The molecule has 4 aromatic rings. The van der Waals surface area contributed by atoms with Crippen molar-refractivity contribution < 1.29 is 9.59 Å². The van der Waals surface area contributed by atoms with Crippen LogP contribution >= 0.6 is 11.6 Å². The largest absolute Gasteiger partial charge is 0.339 e. The Morgan fingerprint density at radius 2 is 1.65 bits per heavy atom. The molecule has 2 N–H and O–H groups in total. The number of amides is 2. The number of nitrogens with zero attached hydrogens (tertiary/aromatic N) is 5. The van der Waals surface area contributed by atoms with Crippen molar-refractivity contribution in [2.45, 2.75) is 27.2 Å². The number of halogens is 1. The van der Waals surface area contributed by atoms with E-state index in [1.807, 2.05) is 45.0 Å². The highest BCUT2D eigenvalue weighted by Gasteiger charge is 2.35. The Morgan fingerprint density at radius 1 is 0.946 bits per heavy atom. The van der Waals surface area contributed by atoms with Crippen molar-refractivity contribution in [3.05, 3.63) is 82.6 Å². The summed E-state index contributed by atoms with van der Waals surface area (Å²) in [4.78, 5) is 26.9. The van der Waals surface area contributed by atoms with Gasteiger partial charge in [-0.1, -0.05) is 11.6 Å². The number of anilines is 4. The lowest BCUT2D eigenvalue weighted by Crippen LogP contribution is -2.28. The molecule has 1 unspecified atom stereocenters. The van der Waals surface area contributed by atoms with Gasteiger partial charge in [-0.05, 0) is 87.0 Å². The van der Waals surface area contributed by atoms with Crippen molar-refractivity contribution in [2.24, 2.45) is 5.92 Å². The van der Waals surface area contributed by atoms with Crippen LogP contribution in [0.3, 0.4) is 0 Å². The zero-order valence-corrected chi connectivity index (χ0v) is 21.5. The molecule has 2 aromatic heterocycles. The Hall–Kier alpha value is -4.24. The zero-order chi connectivity index (χ0) is 26.1. The zero-order valence-electron chi connectivity index (χ0n) is 20.7. The van der Waals surface area contributed by atoms with Crippen LogP contribution in [0.2, 0.25) is 5.02 Å². The molecule has 2 aromatic carbocycles. The third kappa shape index (κ3) is 5.17. The second-order valence-corrected chi connectivity index (χ2v) is 9.49. The lowest BCUT2D eigenvalue weighted by atomic mass is 10.1. The first-order valence-electron chi connectivity index (χ1n) is 11.9. The van der Waals surface area contributed by atoms with Crippen molar-refractivity contribution in [1.82, 2.24) is 20.0 Å². The van der Waals surface area contributed by atoms with Crippen LogP contribution in [0.5, 0.6) is 0 Å². The molecule has 10 heteroatoms. The summed E-state index contributed by atoms with van der Waals surface area (Å²) in [6, 6.07) is 18.0. The predicted octanol–water partition coefficient (Wildman–Crippen LogP) is 4.98. The molecule has 0 saturated carbocycles. The predicted molar refractivity (Wildman–Crippen MR) is 144 cm³/mol. The smallest absolute Gasteiger partial charge is 0.229 e. The van der Waals surface area contributed by atoms with E-state index in [2.05, 4.69) is 25.9 Å². The summed E-state index contributed by atoms with van der Waals surface area (Å²) in [5, 5.41) is 19.8. The van der Waals surface area contributed by atoms with Crippen molar-refractivity contribution in [3.63, 3.8) is 0 Å². The van der Waals surface area contributed by atoms with Gasteiger partial charge in [-0.3, -0.25) is 9.59 Å². The van der Waals surface area contributed by atoms with Crippen LogP contribution in [0.4, 0.5) is 22.9 Å². The molecule has 0 bridgehead atoms. The number of hydrogen-bond acceptors (Lipinski definition) is 6. The first-order valence-corrected chi connectivity index (χ1v) is 12.3. The summed E-state index contributed by atoms with van der Waals surface area (Å²) in [7, 11) is 0. The number of hydrogen-bond donors (Lipinski definition) is 2. The molecule has 0 spiro atoms. The summed E-state index contributed by atoms with van der Waals surface area (Å²) in [6.07, 6.45) is 0.167. The van der Waals surface area contributed by atoms with Gasteiger partial charge in [0.1, 0.15) is 0 Å². The first-order chi connectivity index (χ1) is 17.8. The minimum atomic E-state index is -0.430. The van der Waals surface area contributed by atoms with Gasteiger partial charge in [-0.25, -0.2) is 4.68 Å². The lowest BCUT2D eigenvalue weighted by molar-refractivity contribution is -0.122. The molecule has 1 atom stereocenters. The van der Waals surface area contributed by atoms with Gasteiger partial charge >= 0.3 is 0 Å². The van der Waals surface area contributed by atoms with E-state index in [-0.39, 0.29) is 18.2 Å². The lowest BCUT2D eigenvalue weighted by Gasteiger charge is -2.17. The summed E-state index contributed by atoms with van der Waals surface area (Å²) < 4.78 is 1.78. The molecular weight excluding hydrogens is 490 g/mol. The van der Waals surface area contributed by atoms with Crippen LogP contribution in [0.1, 0.15) is 23.4 Å². The molecule has 2 amide bonds. The van der Waals surface area contributed by atoms with E-state index in [0.717, 1.165) is 28.3 Å². The Balaban J connectivity index is 1.18. The highest BCUT2D eigenvalue weighted by molar-refractivity contribution is 6.30. The summed E-state index contributed by atoms with van der Waals surface area (Å²) in [5.41, 5.74) is 5.31. The van der Waals surface area contributed by atoms with Crippen molar-refractivity contribution in [3.8, 4) is 5.82 Å². The summed E-state index contributed by atoms with van der Waals surface area (Å²) in [5.74, 6) is 0.539. The van der Waals surface area contributed by atoms with Crippen LogP contribution in [-0.4, -0.2) is 38.3 Å². The van der Waals surface area contributed by atoms with E-state index in [0.29, 0.717) is 28.9 Å². The van der Waals surface area contributed by atoms with Gasteiger partial charge in [0, 0.05) is 40.7 Å². The van der Waals surface area contributed by atoms with Crippen LogP contribution in [-0.2, 0) is 9.59 Å². The number of benzene rings is 2. The fourth-order valence-corrected chi connectivity index (χ4v) is 4.36. The molecule has 0 aliphatic carbocycles. The standard InChI is InChI=1S/C27H26ClN7O2/c1-16-17(2)33-35(18(16)3)25-13-12-24(31-32-25)29-21-6-8-22(9-7-21)30-27(37)19-14-26(36)34(15-19)23-10-4-20(28)5-11-23/h4-13,19H,14-15H2,1-3H3,(H,29,31)(H,30,37). The van der Waals surface area contributed by atoms with Gasteiger partial charge in [0.25, 0.3) is 0 Å². The van der Waals surface area contributed by atoms with E-state index in [1.54, 1.807) is 46.0 Å². The Bertz CT molecular complexity index is 1450. The molecule has 9 nitrogen and oxygen atoms in total. The van der Waals surface area contributed by atoms with Crippen LogP contribution in [0.15, 0.2) is 60.7 Å². The van der Waals surface area contributed by atoms with Gasteiger partial charge in [0.05, 0.1) is 11.6 Å². The first kappa shape index (κ1) is 24.5. The van der Waals surface area contributed by atoms with Gasteiger partial charge in [-0.2, -0.15) is 5.10 Å². The molecule has 0 radical (unpaired) electrons. The van der Waals surface area contributed by atoms with Gasteiger partial charge in [0.15, 0.2) is 11.6 Å². The normalized spacial score (nSPS) is 15.2. The van der Waals surface area contributed by atoms with E-state index in [1.165, 1.54) is 0 Å². The minimum absolute atomic E-state index is 0.0814. The highest BCUT2D eigenvalue weighted by Crippen LogP contribution is 2.27. The third-order valence-electron chi connectivity index (χ3n) is 6.58. The maximum absolute atomic E-state index is 12.8. The Labute approximate surface area is 219 Å². The number of rotatable bonds is 6. The van der Waals surface area contributed by atoms with Crippen molar-refractivity contribution in [2.75, 3.05) is 22.1 Å². The molecule has 1 aliphatic heterocycles. The number of carbonyl (C=O) groups excluding carboxylic acids is 2. The second-order valence-electron chi connectivity index (χ2n) is 9.06. The molecule has 3 heterocycles. The molecule has 1 fully saturated rings. The number of nitrogens with one attached hydrogen (secondary N) is 2. The number of aryl methyl sites for hydroxylation is 1. The van der Waals surface area contributed by atoms with Crippen LogP contribution < -0.4 is 15.5 Å². The van der Waals surface area contributed by atoms with Gasteiger partial charge in [-0.15, -0.1) is 10.2 Å². The molecule has 188 valence electrons. The van der Waals surface area contributed by atoms with Crippen LogP contribution in [0, 0.1) is 26.7 Å². The molecule has 1 aliphatic rings. The summed E-state index contributed by atoms with van der Waals surface area (Å²) >= 11 is 5.94. The maximum Gasteiger partial charge on any atom is 0.229 e.